The number of aryl methyl sites for hydroxylation is 1. The predicted octanol–water partition coefficient (Wildman–Crippen LogP) is 2.86. The van der Waals surface area contributed by atoms with Gasteiger partial charge in [0.1, 0.15) is 0 Å². The van der Waals surface area contributed by atoms with E-state index >= 15 is 0 Å². The topological polar surface area (TPSA) is 59.9 Å². The number of benzene rings is 2. The molecule has 2 aromatic carbocycles. The van der Waals surface area contributed by atoms with E-state index in [2.05, 4.69) is 51.7 Å². The average molecular weight is 367 g/mol. The SMILES string of the molecule is CCNC(=NCC(O)c1ccc(C)cc1)NC1CCN(c2ccccc2)C1. The number of rotatable bonds is 6. The number of aliphatic hydroxyl groups excluding tert-OH is 1. The van der Waals surface area contributed by atoms with Gasteiger partial charge in [0.25, 0.3) is 0 Å². The molecule has 144 valence electrons. The van der Waals surface area contributed by atoms with Crippen LogP contribution in [0, 0.1) is 6.92 Å². The molecule has 27 heavy (non-hydrogen) atoms. The maximum Gasteiger partial charge on any atom is 0.191 e. The zero-order chi connectivity index (χ0) is 19.1. The molecule has 1 aliphatic rings. The van der Waals surface area contributed by atoms with E-state index < -0.39 is 6.10 Å². The molecule has 0 bridgehead atoms. The zero-order valence-corrected chi connectivity index (χ0v) is 16.2. The van der Waals surface area contributed by atoms with Gasteiger partial charge in [0.15, 0.2) is 5.96 Å². The Morgan fingerprint density at radius 1 is 1.19 bits per heavy atom. The normalized spacial score (nSPS) is 18.4. The third-order valence-corrected chi connectivity index (χ3v) is 4.88. The maximum absolute atomic E-state index is 10.4. The molecule has 0 aromatic heterocycles. The van der Waals surface area contributed by atoms with Crippen molar-refractivity contribution in [3.63, 3.8) is 0 Å². The molecule has 1 heterocycles. The molecule has 3 rings (SSSR count). The molecule has 2 aromatic rings. The number of hydrogen-bond acceptors (Lipinski definition) is 3. The highest BCUT2D eigenvalue weighted by Gasteiger charge is 2.23. The second-order valence-corrected chi connectivity index (χ2v) is 7.06. The summed E-state index contributed by atoms with van der Waals surface area (Å²) in [5.74, 6) is 0.767. The van der Waals surface area contributed by atoms with E-state index in [1.54, 1.807) is 0 Å². The van der Waals surface area contributed by atoms with E-state index in [1.807, 2.05) is 37.3 Å². The van der Waals surface area contributed by atoms with Crippen molar-refractivity contribution in [3.05, 3.63) is 65.7 Å². The van der Waals surface area contributed by atoms with Gasteiger partial charge in [-0.3, -0.25) is 4.99 Å². The van der Waals surface area contributed by atoms with Crippen LogP contribution in [-0.4, -0.2) is 43.3 Å². The van der Waals surface area contributed by atoms with Crippen LogP contribution in [0.5, 0.6) is 0 Å². The first-order valence-electron chi connectivity index (χ1n) is 9.75. The fraction of sp³-hybridized carbons (Fsp3) is 0.409. The molecule has 0 aliphatic carbocycles. The first-order valence-corrected chi connectivity index (χ1v) is 9.75. The van der Waals surface area contributed by atoms with Crippen molar-refractivity contribution >= 4 is 11.6 Å². The molecule has 1 fully saturated rings. The Balaban J connectivity index is 1.57. The summed E-state index contributed by atoms with van der Waals surface area (Å²) in [6.45, 7) is 7.22. The molecule has 5 heteroatoms. The van der Waals surface area contributed by atoms with Crippen molar-refractivity contribution in [2.24, 2.45) is 4.99 Å². The molecule has 0 radical (unpaired) electrons. The zero-order valence-electron chi connectivity index (χ0n) is 16.2. The Labute approximate surface area is 162 Å². The summed E-state index contributed by atoms with van der Waals surface area (Å²) >= 11 is 0. The monoisotopic (exact) mass is 366 g/mol. The van der Waals surface area contributed by atoms with E-state index in [0.29, 0.717) is 12.6 Å². The number of guanidine groups is 1. The Kier molecular flexibility index (Phi) is 6.71. The summed E-state index contributed by atoms with van der Waals surface area (Å²) < 4.78 is 0. The lowest BCUT2D eigenvalue weighted by Gasteiger charge is -2.20. The number of aliphatic hydroxyl groups is 1. The molecule has 2 unspecified atom stereocenters. The number of aliphatic imine (C=N–C) groups is 1. The van der Waals surface area contributed by atoms with Crippen molar-refractivity contribution in [2.75, 3.05) is 31.1 Å². The predicted molar refractivity (Wildman–Crippen MR) is 112 cm³/mol. The van der Waals surface area contributed by atoms with Gasteiger partial charge in [0.05, 0.1) is 12.6 Å². The molecule has 1 aliphatic heterocycles. The van der Waals surface area contributed by atoms with Gasteiger partial charge in [-0.25, -0.2) is 0 Å². The van der Waals surface area contributed by atoms with Crippen molar-refractivity contribution < 1.29 is 5.11 Å². The first kappa shape index (κ1) is 19.2. The van der Waals surface area contributed by atoms with Gasteiger partial charge in [-0.05, 0) is 38.0 Å². The number of anilines is 1. The lowest BCUT2D eigenvalue weighted by molar-refractivity contribution is 0.187. The fourth-order valence-electron chi connectivity index (χ4n) is 3.34. The average Bonchev–Trinajstić information content (AvgIpc) is 3.16. The lowest BCUT2D eigenvalue weighted by atomic mass is 10.1. The van der Waals surface area contributed by atoms with Crippen LogP contribution in [0.25, 0.3) is 0 Å². The molecular weight excluding hydrogens is 336 g/mol. The van der Waals surface area contributed by atoms with Crippen LogP contribution < -0.4 is 15.5 Å². The van der Waals surface area contributed by atoms with Gasteiger partial charge >= 0.3 is 0 Å². The van der Waals surface area contributed by atoms with Crippen molar-refractivity contribution in [2.45, 2.75) is 32.4 Å². The molecule has 0 spiro atoms. The summed E-state index contributed by atoms with van der Waals surface area (Å²) in [5, 5.41) is 17.2. The number of hydrogen-bond donors (Lipinski definition) is 3. The summed E-state index contributed by atoms with van der Waals surface area (Å²) in [6.07, 6.45) is 0.477. The smallest absolute Gasteiger partial charge is 0.191 e. The molecule has 3 N–H and O–H groups in total. The van der Waals surface area contributed by atoms with E-state index in [4.69, 9.17) is 0 Å². The van der Waals surface area contributed by atoms with Crippen LogP contribution in [0.3, 0.4) is 0 Å². The van der Waals surface area contributed by atoms with E-state index in [9.17, 15) is 5.11 Å². The lowest BCUT2D eigenvalue weighted by Crippen LogP contribution is -2.44. The molecule has 1 saturated heterocycles. The minimum absolute atomic E-state index is 0.341. The Morgan fingerprint density at radius 2 is 1.93 bits per heavy atom. The summed E-state index contributed by atoms with van der Waals surface area (Å²) in [6, 6.07) is 18.8. The maximum atomic E-state index is 10.4. The van der Waals surface area contributed by atoms with Crippen LogP contribution in [0.2, 0.25) is 0 Å². The molecule has 0 amide bonds. The Hall–Kier alpha value is -2.53. The third kappa shape index (κ3) is 5.47. The number of nitrogens with one attached hydrogen (secondary N) is 2. The van der Waals surface area contributed by atoms with Crippen LogP contribution in [0.1, 0.15) is 30.6 Å². The summed E-state index contributed by atoms with van der Waals surface area (Å²) in [5.41, 5.74) is 3.35. The Morgan fingerprint density at radius 3 is 2.63 bits per heavy atom. The highest BCUT2D eigenvalue weighted by molar-refractivity contribution is 5.80. The van der Waals surface area contributed by atoms with E-state index in [1.165, 1.54) is 11.3 Å². The summed E-state index contributed by atoms with van der Waals surface area (Å²) in [7, 11) is 0. The second kappa shape index (κ2) is 9.42. The van der Waals surface area contributed by atoms with Crippen molar-refractivity contribution in [3.8, 4) is 0 Å². The minimum atomic E-state index is -0.592. The van der Waals surface area contributed by atoms with E-state index in [0.717, 1.165) is 37.6 Å². The number of para-hydroxylation sites is 1. The third-order valence-electron chi connectivity index (χ3n) is 4.88. The first-order chi connectivity index (χ1) is 13.2. The standard InChI is InChI=1S/C22H30N4O/c1-3-23-22(24-15-21(27)18-11-9-17(2)10-12-18)25-19-13-14-26(16-19)20-7-5-4-6-8-20/h4-12,19,21,27H,3,13-16H2,1-2H3,(H2,23,24,25). The fourth-order valence-corrected chi connectivity index (χ4v) is 3.34. The van der Waals surface area contributed by atoms with Crippen LogP contribution in [-0.2, 0) is 0 Å². The summed E-state index contributed by atoms with van der Waals surface area (Å²) in [4.78, 5) is 6.99. The van der Waals surface area contributed by atoms with Gasteiger partial charge in [-0.15, -0.1) is 0 Å². The van der Waals surface area contributed by atoms with Crippen LogP contribution in [0.4, 0.5) is 5.69 Å². The van der Waals surface area contributed by atoms with Gasteiger partial charge in [0, 0.05) is 31.4 Å². The largest absolute Gasteiger partial charge is 0.386 e. The van der Waals surface area contributed by atoms with E-state index in [-0.39, 0.29) is 0 Å². The second-order valence-electron chi connectivity index (χ2n) is 7.06. The van der Waals surface area contributed by atoms with Gasteiger partial charge in [-0.2, -0.15) is 0 Å². The Bertz CT molecular complexity index is 730. The molecule has 2 atom stereocenters. The van der Waals surface area contributed by atoms with Crippen LogP contribution in [0.15, 0.2) is 59.6 Å². The number of nitrogens with zero attached hydrogens (tertiary/aromatic N) is 2. The van der Waals surface area contributed by atoms with Gasteiger partial charge in [0.2, 0.25) is 0 Å². The van der Waals surface area contributed by atoms with Crippen molar-refractivity contribution in [1.82, 2.24) is 10.6 Å². The van der Waals surface area contributed by atoms with Gasteiger partial charge < -0.3 is 20.6 Å². The molecule has 0 saturated carbocycles. The van der Waals surface area contributed by atoms with Gasteiger partial charge in [-0.1, -0.05) is 48.0 Å². The highest BCUT2D eigenvalue weighted by atomic mass is 16.3. The molecular formula is C22H30N4O. The quantitative estimate of drug-likeness (QED) is 0.543. The highest BCUT2D eigenvalue weighted by Crippen LogP contribution is 2.19. The molecule has 5 nitrogen and oxygen atoms in total. The minimum Gasteiger partial charge on any atom is -0.386 e. The van der Waals surface area contributed by atoms with Crippen LogP contribution >= 0.6 is 0 Å². The van der Waals surface area contributed by atoms with Crippen molar-refractivity contribution in [1.29, 1.82) is 0 Å².